The quantitative estimate of drug-likeness (QED) is 0.323. The third-order valence-corrected chi connectivity index (χ3v) is 5.29. The maximum absolute atomic E-state index is 6.31. The van der Waals surface area contributed by atoms with E-state index in [-0.39, 0.29) is 0 Å². The van der Waals surface area contributed by atoms with Gasteiger partial charge in [0.1, 0.15) is 16.9 Å². The molecule has 0 saturated carbocycles. The Hall–Kier alpha value is -3.26. The molecule has 0 N–H and O–H groups in total. The van der Waals surface area contributed by atoms with Crippen LogP contribution in [0.5, 0.6) is 5.75 Å². The van der Waals surface area contributed by atoms with Gasteiger partial charge in [-0.3, -0.25) is 0 Å². The molecule has 0 aliphatic rings. The van der Waals surface area contributed by atoms with Gasteiger partial charge >= 0.3 is 0 Å². The predicted octanol–water partition coefficient (Wildman–Crippen LogP) is 6.49. The van der Waals surface area contributed by atoms with Crippen molar-refractivity contribution in [1.82, 2.24) is 0 Å². The highest BCUT2D eigenvalue weighted by molar-refractivity contribution is 6.36. The molecular weight excluding hydrogens is 308 g/mol. The number of furan rings is 1. The Morgan fingerprint density at radius 2 is 1.40 bits per heavy atom. The number of benzene rings is 5. The van der Waals surface area contributed by atoms with Gasteiger partial charge in [-0.05, 0) is 39.7 Å². The Morgan fingerprint density at radius 3 is 2.16 bits per heavy atom. The summed E-state index contributed by atoms with van der Waals surface area (Å²) in [5, 5.41) is 9.80. The van der Waals surface area contributed by atoms with Crippen LogP contribution in [0.4, 0.5) is 0 Å². The summed E-state index contributed by atoms with van der Waals surface area (Å²) in [6.07, 6.45) is 0. The number of hydrogen-bond donors (Lipinski definition) is 0. The summed E-state index contributed by atoms with van der Waals surface area (Å²) < 4.78 is 11.8. The maximum Gasteiger partial charge on any atom is 0.143 e. The molecule has 0 aliphatic carbocycles. The van der Waals surface area contributed by atoms with Gasteiger partial charge in [0.15, 0.2) is 0 Å². The molecule has 6 aromatic rings. The molecule has 5 aromatic carbocycles. The number of ether oxygens (including phenoxy) is 1. The summed E-state index contributed by atoms with van der Waals surface area (Å²) in [6, 6.07) is 23.4. The summed E-state index contributed by atoms with van der Waals surface area (Å²) >= 11 is 0. The zero-order chi connectivity index (χ0) is 16.5. The fraction of sp³-hybridized carbons (Fsp3) is 0.0435. The molecule has 0 atom stereocenters. The minimum atomic E-state index is 0.848. The largest absolute Gasteiger partial charge is 0.497 e. The summed E-state index contributed by atoms with van der Waals surface area (Å²) in [6.45, 7) is 0. The van der Waals surface area contributed by atoms with E-state index in [9.17, 15) is 0 Å². The van der Waals surface area contributed by atoms with Crippen LogP contribution in [0.3, 0.4) is 0 Å². The molecule has 0 fully saturated rings. The third kappa shape index (κ3) is 1.54. The summed E-state index contributed by atoms with van der Waals surface area (Å²) in [5.74, 6) is 0.848. The van der Waals surface area contributed by atoms with E-state index in [1.807, 2.05) is 12.1 Å². The average molecular weight is 322 g/mol. The molecule has 6 rings (SSSR count). The monoisotopic (exact) mass is 322 g/mol. The third-order valence-electron chi connectivity index (χ3n) is 5.29. The van der Waals surface area contributed by atoms with Crippen molar-refractivity contribution in [3.05, 3.63) is 66.7 Å². The van der Waals surface area contributed by atoms with E-state index in [0.29, 0.717) is 0 Å². The lowest BCUT2D eigenvalue weighted by atomic mass is 9.91. The van der Waals surface area contributed by atoms with E-state index in [2.05, 4.69) is 54.6 Å². The zero-order valence-corrected chi connectivity index (χ0v) is 13.7. The number of fused-ring (bicyclic) bond motifs is 5. The Morgan fingerprint density at radius 1 is 0.680 bits per heavy atom. The average Bonchev–Trinajstić information content (AvgIpc) is 3.05. The molecule has 0 radical (unpaired) electrons. The normalized spacial score (nSPS) is 12.2. The molecule has 0 bridgehead atoms. The molecule has 1 heterocycles. The SMILES string of the molecule is COc1ccc2oc3c4cccc5ccc6cccc(c3c2c1)c6c54. The van der Waals surface area contributed by atoms with Crippen molar-refractivity contribution in [2.45, 2.75) is 0 Å². The maximum atomic E-state index is 6.31. The highest BCUT2D eigenvalue weighted by Crippen LogP contribution is 2.44. The lowest BCUT2D eigenvalue weighted by Crippen LogP contribution is -1.85. The Kier molecular flexibility index (Phi) is 2.31. The highest BCUT2D eigenvalue weighted by atomic mass is 16.5. The lowest BCUT2D eigenvalue weighted by molar-refractivity contribution is 0.415. The van der Waals surface area contributed by atoms with Crippen molar-refractivity contribution < 1.29 is 9.15 Å². The first-order valence-corrected chi connectivity index (χ1v) is 8.41. The molecule has 1 aromatic heterocycles. The highest BCUT2D eigenvalue weighted by Gasteiger charge is 2.18. The first kappa shape index (κ1) is 13.1. The molecular formula is C23H14O2. The van der Waals surface area contributed by atoms with Gasteiger partial charge in [-0.1, -0.05) is 48.5 Å². The topological polar surface area (TPSA) is 22.4 Å². The molecule has 0 amide bonds. The summed E-state index contributed by atoms with van der Waals surface area (Å²) in [4.78, 5) is 0. The van der Waals surface area contributed by atoms with Crippen LogP contribution in [0.2, 0.25) is 0 Å². The van der Waals surface area contributed by atoms with E-state index in [0.717, 1.165) is 22.3 Å². The smallest absolute Gasteiger partial charge is 0.143 e. The van der Waals surface area contributed by atoms with Crippen molar-refractivity contribution >= 4 is 54.3 Å². The minimum Gasteiger partial charge on any atom is -0.497 e. The van der Waals surface area contributed by atoms with Gasteiger partial charge in [0, 0.05) is 21.5 Å². The predicted molar refractivity (Wildman–Crippen MR) is 104 cm³/mol. The van der Waals surface area contributed by atoms with Gasteiger partial charge in [-0.25, -0.2) is 0 Å². The first-order valence-electron chi connectivity index (χ1n) is 8.41. The zero-order valence-electron chi connectivity index (χ0n) is 13.7. The number of hydrogen-bond acceptors (Lipinski definition) is 2. The Labute approximate surface area is 143 Å². The van der Waals surface area contributed by atoms with Crippen LogP contribution in [0, 0.1) is 0 Å². The van der Waals surface area contributed by atoms with E-state index in [4.69, 9.17) is 9.15 Å². The minimum absolute atomic E-state index is 0.848. The van der Waals surface area contributed by atoms with Crippen LogP contribution in [0.1, 0.15) is 0 Å². The van der Waals surface area contributed by atoms with Crippen LogP contribution in [-0.4, -0.2) is 7.11 Å². The fourth-order valence-electron chi connectivity index (χ4n) is 4.21. The second kappa shape index (κ2) is 4.42. The molecule has 0 spiro atoms. The standard InChI is InChI=1S/C23H14O2/c1-24-15-10-11-19-18(12-15)22-16-6-2-4-13-8-9-14-5-3-7-17(23(22)25-19)21(14)20(13)16/h2-12H,1H3. The molecule has 0 saturated heterocycles. The second-order valence-electron chi connectivity index (χ2n) is 6.54. The van der Waals surface area contributed by atoms with Crippen LogP contribution >= 0.6 is 0 Å². The van der Waals surface area contributed by atoms with E-state index < -0.39 is 0 Å². The second-order valence-corrected chi connectivity index (χ2v) is 6.54. The van der Waals surface area contributed by atoms with Crippen molar-refractivity contribution in [1.29, 1.82) is 0 Å². The molecule has 25 heavy (non-hydrogen) atoms. The molecule has 0 unspecified atom stereocenters. The Balaban J connectivity index is 2.03. The van der Waals surface area contributed by atoms with Crippen LogP contribution in [0.15, 0.2) is 71.1 Å². The number of methoxy groups -OCH3 is 1. The van der Waals surface area contributed by atoms with Gasteiger partial charge < -0.3 is 9.15 Å². The van der Waals surface area contributed by atoms with Gasteiger partial charge in [0.2, 0.25) is 0 Å². The van der Waals surface area contributed by atoms with Crippen molar-refractivity contribution in [2.24, 2.45) is 0 Å². The summed E-state index contributed by atoms with van der Waals surface area (Å²) in [5.41, 5.74) is 1.85. The molecule has 118 valence electrons. The van der Waals surface area contributed by atoms with Gasteiger partial charge in [0.25, 0.3) is 0 Å². The van der Waals surface area contributed by atoms with Crippen molar-refractivity contribution in [3.8, 4) is 5.75 Å². The van der Waals surface area contributed by atoms with Crippen molar-refractivity contribution in [2.75, 3.05) is 7.11 Å². The van der Waals surface area contributed by atoms with Crippen LogP contribution in [0.25, 0.3) is 54.3 Å². The molecule has 0 aliphatic heterocycles. The first-order chi connectivity index (χ1) is 12.3. The van der Waals surface area contributed by atoms with Gasteiger partial charge in [-0.15, -0.1) is 0 Å². The van der Waals surface area contributed by atoms with E-state index >= 15 is 0 Å². The summed E-state index contributed by atoms with van der Waals surface area (Å²) in [7, 11) is 1.70. The lowest BCUT2D eigenvalue weighted by Gasteiger charge is -2.11. The van der Waals surface area contributed by atoms with Crippen LogP contribution < -0.4 is 4.74 Å². The molecule has 2 nitrogen and oxygen atoms in total. The van der Waals surface area contributed by atoms with E-state index in [1.165, 1.54) is 37.7 Å². The van der Waals surface area contributed by atoms with Gasteiger partial charge in [0.05, 0.1) is 7.11 Å². The molecule has 2 heteroatoms. The number of rotatable bonds is 1. The van der Waals surface area contributed by atoms with Crippen molar-refractivity contribution in [3.63, 3.8) is 0 Å². The Bertz CT molecular complexity index is 1420. The fourth-order valence-corrected chi connectivity index (χ4v) is 4.21. The van der Waals surface area contributed by atoms with Crippen LogP contribution in [-0.2, 0) is 0 Å². The van der Waals surface area contributed by atoms with Gasteiger partial charge in [-0.2, -0.15) is 0 Å². The van der Waals surface area contributed by atoms with E-state index in [1.54, 1.807) is 7.11 Å².